The molecule has 124 valence electrons. The van der Waals surface area contributed by atoms with Crippen molar-refractivity contribution in [3.63, 3.8) is 0 Å². The topological polar surface area (TPSA) is 64.4 Å². The average molecular weight is 347 g/mol. The van der Waals surface area contributed by atoms with Gasteiger partial charge in [0.05, 0.1) is 12.1 Å². The zero-order valence-electron chi connectivity index (χ0n) is 12.8. The maximum atomic E-state index is 12.2. The normalized spacial score (nSPS) is 18.0. The molecule has 1 amide bonds. The summed E-state index contributed by atoms with van der Waals surface area (Å²) in [6.07, 6.45) is 4.64. The molecular formula is C16H24Cl2N2O2. The van der Waals surface area contributed by atoms with E-state index in [0.717, 1.165) is 31.4 Å². The van der Waals surface area contributed by atoms with Gasteiger partial charge in [-0.15, -0.1) is 12.4 Å². The first-order valence-electron chi connectivity index (χ1n) is 7.49. The zero-order chi connectivity index (χ0) is 15.3. The number of nitrogens with one attached hydrogen (secondary N) is 1. The van der Waals surface area contributed by atoms with E-state index in [9.17, 15) is 4.79 Å². The molecule has 1 aliphatic carbocycles. The van der Waals surface area contributed by atoms with Gasteiger partial charge >= 0.3 is 0 Å². The number of carbonyl (C=O) groups is 1. The predicted molar refractivity (Wildman–Crippen MR) is 91.8 cm³/mol. The van der Waals surface area contributed by atoms with Crippen molar-refractivity contribution in [2.24, 2.45) is 5.73 Å². The third-order valence-corrected chi connectivity index (χ3v) is 4.15. The second-order valence-electron chi connectivity index (χ2n) is 5.81. The summed E-state index contributed by atoms with van der Waals surface area (Å²) in [6, 6.07) is 7.18. The summed E-state index contributed by atoms with van der Waals surface area (Å²) in [5.74, 6) is 0.676. The van der Waals surface area contributed by atoms with Crippen LogP contribution in [0.2, 0.25) is 5.02 Å². The van der Waals surface area contributed by atoms with E-state index in [2.05, 4.69) is 5.32 Å². The minimum Gasteiger partial charge on any atom is -0.489 e. The van der Waals surface area contributed by atoms with Gasteiger partial charge in [0.2, 0.25) is 5.91 Å². The Morgan fingerprint density at radius 3 is 2.50 bits per heavy atom. The molecule has 1 aromatic rings. The molecular weight excluding hydrogens is 323 g/mol. The first-order valence-corrected chi connectivity index (χ1v) is 7.87. The lowest BCUT2D eigenvalue weighted by Gasteiger charge is -2.32. The standard InChI is InChI=1S/C16H23ClN2O2.ClH/c1-12(21-14-7-5-13(17)6-8-14)11-19-15(20)16(18)9-3-2-4-10-16;/h5-8,12H,2-4,9-11,18H2,1H3,(H,19,20);1H. The van der Waals surface area contributed by atoms with E-state index in [0.29, 0.717) is 11.6 Å². The van der Waals surface area contributed by atoms with E-state index in [4.69, 9.17) is 22.1 Å². The first-order chi connectivity index (χ1) is 9.99. The molecule has 6 heteroatoms. The van der Waals surface area contributed by atoms with Gasteiger partial charge in [-0.05, 0) is 44.0 Å². The molecule has 1 aliphatic rings. The third kappa shape index (κ3) is 5.34. The molecule has 1 aromatic carbocycles. The number of hydrogen-bond donors (Lipinski definition) is 2. The van der Waals surface area contributed by atoms with Gasteiger partial charge in [0.1, 0.15) is 11.9 Å². The van der Waals surface area contributed by atoms with Gasteiger partial charge < -0.3 is 15.8 Å². The molecule has 0 bridgehead atoms. The Labute approximate surface area is 143 Å². The molecule has 1 fully saturated rings. The van der Waals surface area contributed by atoms with Crippen LogP contribution < -0.4 is 15.8 Å². The first kappa shape index (κ1) is 19.1. The van der Waals surface area contributed by atoms with Crippen molar-refractivity contribution in [1.82, 2.24) is 5.32 Å². The summed E-state index contributed by atoms with van der Waals surface area (Å²) in [7, 11) is 0. The molecule has 0 spiro atoms. The Balaban J connectivity index is 0.00000242. The molecule has 0 radical (unpaired) electrons. The van der Waals surface area contributed by atoms with E-state index >= 15 is 0 Å². The van der Waals surface area contributed by atoms with Gasteiger partial charge in [-0.2, -0.15) is 0 Å². The van der Waals surface area contributed by atoms with Crippen molar-refractivity contribution < 1.29 is 9.53 Å². The summed E-state index contributed by atoms with van der Waals surface area (Å²) in [5, 5.41) is 3.58. The van der Waals surface area contributed by atoms with Crippen molar-refractivity contribution in [3.05, 3.63) is 29.3 Å². The highest BCUT2D eigenvalue weighted by atomic mass is 35.5. The highest BCUT2D eigenvalue weighted by molar-refractivity contribution is 6.30. The quantitative estimate of drug-likeness (QED) is 0.859. The van der Waals surface area contributed by atoms with Crippen LogP contribution in [-0.4, -0.2) is 24.1 Å². The number of benzene rings is 1. The van der Waals surface area contributed by atoms with Crippen molar-refractivity contribution >= 4 is 29.9 Å². The number of amides is 1. The Bertz CT molecular complexity index is 474. The second kappa shape index (κ2) is 8.61. The SMILES string of the molecule is CC(CNC(=O)C1(N)CCCCC1)Oc1ccc(Cl)cc1.Cl. The Hall–Kier alpha value is -0.970. The number of rotatable bonds is 5. The van der Waals surface area contributed by atoms with Gasteiger partial charge in [-0.3, -0.25) is 4.79 Å². The molecule has 1 unspecified atom stereocenters. The summed E-state index contributed by atoms with van der Waals surface area (Å²) < 4.78 is 5.73. The number of halogens is 2. The number of hydrogen-bond acceptors (Lipinski definition) is 3. The minimum absolute atomic E-state index is 0. The molecule has 1 atom stereocenters. The van der Waals surface area contributed by atoms with Crippen molar-refractivity contribution in [3.8, 4) is 5.75 Å². The van der Waals surface area contributed by atoms with Crippen LogP contribution in [0, 0.1) is 0 Å². The Kier molecular flexibility index (Phi) is 7.46. The number of ether oxygens (including phenoxy) is 1. The lowest BCUT2D eigenvalue weighted by atomic mass is 9.82. The number of carbonyl (C=O) groups excluding carboxylic acids is 1. The average Bonchev–Trinajstić information content (AvgIpc) is 2.48. The molecule has 22 heavy (non-hydrogen) atoms. The van der Waals surface area contributed by atoms with Crippen LogP contribution in [0.25, 0.3) is 0 Å². The minimum atomic E-state index is -0.696. The van der Waals surface area contributed by atoms with Gasteiger partial charge in [0.25, 0.3) is 0 Å². The fourth-order valence-electron chi connectivity index (χ4n) is 2.61. The molecule has 3 N–H and O–H groups in total. The van der Waals surface area contributed by atoms with E-state index in [1.54, 1.807) is 12.1 Å². The summed E-state index contributed by atoms with van der Waals surface area (Å²) in [6.45, 7) is 2.36. The summed E-state index contributed by atoms with van der Waals surface area (Å²) in [5.41, 5.74) is 5.49. The van der Waals surface area contributed by atoms with Gasteiger partial charge in [0.15, 0.2) is 0 Å². The Morgan fingerprint density at radius 2 is 1.91 bits per heavy atom. The van der Waals surface area contributed by atoms with Gasteiger partial charge in [-0.25, -0.2) is 0 Å². The molecule has 0 aromatic heterocycles. The maximum absolute atomic E-state index is 12.2. The zero-order valence-corrected chi connectivity index (χ0v) is 14.4. The van der Waals surface area contributed by atoms with Gasteiger partial charge in [0, 0.05) is 5.02 Å². The molecule has 4 nitrogen and oxygen atoms in total. The van der Waals surface area contributed by atoms with Crippen LogP contribution in [-0.2, 0) is 4.79 Å². The van der Waals surface area contributed by atoms with Crippen molar-refractivity contribution in [2.75, 3.05) is 6.54 Å². The highest BCUT2D eigenvalue weighted by Crippen LogP contribution is 2.26. The third-order valence-electron chi connectivity index (χ3n) is 3.90. The van der Waals surface area contributed by atoms with E-state index in [1.165, 1.54) is 6.42 Å². The van der Waals surface area contributed by atoms with E-state index < -0.39 is 5.54 Å². The fourth-order valence-corrected chi connectivity index (χ4v) is 2.74. The van der Waals surface area contributed by atoms with Crippen molar-refractivity contribution in [1.29, 1.82) is 0 Å². The van der Waals surface area contributed by atoms with Crippen LogP contribution in [0.4, 0.5) is 0 Å². The second-order valence-corrected chi connectivity index (χ2v) is 6.25. The molecule has 0 saturated heterocycles. The summed E-state index contributed by atoms with van der Waals surface area (Å²) >= 11 is 5.83. The molecule has 0 heterocycles. The van der Waals surface area contributed by atoms with Crippen LogP contribution in [0.3, 0.4) is 0 Å². The maximum Gasteiger partial charge on any atom is 0.240 e. The highest BCUT2D eigenvalue weighted by Gasteiger charge is 2.35. The van der Waals surface area contributed by atoms with Gasteiger partial charge in [-0.1, -0.05) is 30.9 Å². The fraction of sp³-hybridized carbons (Fsp3) is 0.562. The monoisotopic (exact) mass is 346 g/mol. The van der Waals surface area contributed by atoms with Crippen LogP contribution in [0.1, 0.15) is 39.0 Å². The molecule has 0 aliphatic heterocycles. The van der Waals surface area contributed by atoms with E-state index in [1.807, 2.05) is 19.1 Å². The number of nitrogens with two attached hydrogens (primary N) is 1. The molecule has 2 rings (SSSR count). The smallest absolute Gasteiger partial charge is 0.240 e. The lowest BCUT2D eigenvalue weighted by molar-refractivity contribution is -0.127. The summed E-state index contributed by atoms with van der Waals surface area (Å²) in [4.78, 5) is 12.2. The largest absolute Gasteiger partial charge is 0.489 e. The van der Waals surface area contributed by atoms with E-state index in [-0.39, 0.29) is 24.4 Å². The molecule has 1 saturated carbocycles. The van der Waals surface area contributed by atoms with Crippen molar-refractivity contribution in [2.45, 2.75) is 50.7 Å². The lowest BCUT2D eigenvalue weighted by Crippen LogP contribution is -2.56. The Morgan fingerprint density at radius 1 is 1.32 bits per heavy atom. The van der Waals surface area contributed by atoms with Crippen LogP contribution in [0.5, 0.6) is 5.75 Å². The predicted octanol–water partition coefficient (Wildman–Crippen LogP) is 3.31. The van der Waals surface area contributed by atoms with Crippen LogP contribution >= 0.6 is 24.0 Å². The van der Waals surface area contributed by atoms with Crippen LogP contribution in [0.15, 0.2) is 24.3 Å².